The van der Waals surface area contributed by atoms with Gasteiger partial charge in [-0.2, -0.15) is 0 Å². The lowest BCUT2D eigenvalue weighted by atomic mass is 10.00. The van der Waals surface area contributed by atoms with Crippen LogP contribution in [-0.4, -0.2) is 68.3 Å². The van der Waals surface area contributed by atoms with Crippen LogP contribution in [0.2, 0.25) is 0 Å². The number of rotatable bonds is 5. The van der Waals surface area contributed by atoms with Gasteiger partial charge in [0, 0.05) is 50.0 Å². The van der Waals surface area contributed by atoms with Crippen LogP contribution >= 0.6 is 0 Å². The van der Waals surface area contributed by atoms with Crippen LogP contribution < -0.4 is 9.64 Å². The summed E-state index contributed by atoms with van der Waals surface area (Å²) >= 11 is 0. The van der Waals surface area contributed by atoms with Crippen molar-refractivity contribution in [1.82, 2.24) is 9.80 Å². The van der Waals surface area contributed by atoms with E-state index in [4.69, 9.17) is 4.74 Å². The van der Waals surface area contributed by atoms with E-state index in [0.717, 1.165) is 24.9 Å². The fourth-order valence-electron chi connectivity index (χ4n) is 4.49. The van der Waals surface area contributed by atoms with Crippen molar-refractivity contribution >= 4 is 5.69 Å². The lowest BCUT2D eigenvalue weighted by molar-refractivity contribution is 0.0883. The van der Waals surface area contributed by atoms with E-state index in [1.807, 2.05) is 0 Å². The van der Waals surface area contributed by atoms with Crippen molar-refractivity contribution in [3.63, 3.8) is 0 Å². The second-order valence-corrected chi connectivity index (χ2v) is 8.46. The zero-order valence-electron chi connectivity index (χ0n) is 17.4. The topological polar surface area (TPSA) is 19.0 Å². The quantitative estimate of drug-likeness (QED) is 0.796. The standard InChI is InChI=1S/C22H37N3O/c1-17(2)21-7-6-20(16-22(21)26-5)25-14-12-24(13-15-25)19-8-10-23(11-9-19)18(3)4/h6-7,16-19H,8-15H2,1-5H3. The number of ether oxygens (including phenoxy) is 1. The molecule has 0 atom stereocenters. The molecule has 0 saturated carbocycles. The van der Waals surface area contributed by atoms with Crippen molar-refractivity contribution in [3.8, 4) is 5.75 Å². The maximum absolute atomic E-state index is 5.64. The lowest BCUT2D eigenvalue weighted by Gasteiger charge is -2.44. The molecule has 0 radical (unpaired) electrons. The van der Waals surface area contributed by atoms with Crippen LogP contribution in [0.25, 0.3) is 0 Å². The van der Waals surface area contributed by atoms with E-state index >= 15 is 0 Å². The van der Waals surface area contributed by atoms with Gasteiger partial charge in [-0.05, 0) is 57.3 Å². The van der Waals surface area contributed by atoms with Crippen LogP contribution in [0.15, 0.2) is 18.2 Å². The third-order valence-corrected chi connectivity index (χ3v) is 6.26. The van der Waals surface area contributed by atoms with E-state index in [2.05, 4.69) is 60.6 Å². The number of methoxy groups -OCH3 is 1. The molecule has 3 rings (SSSR count). The van der Waals surface area contributed by atoms with Crippen LogP contribution in [0.5, 0.6) is 5.75 Å². The molecule has 0 N–H and O–H groups in total. The Hall–Kier alpha value is -1.26. The van der Waals surface area contributed by atoms with Gasteiger partial charge in [0.1, 0.15) is 5.75 Å². The van der Waals surface area contributed by atoms with E-state index in [1.165, 1.54) is 50.3 Å². The molecule has 0 unspecified atom stereocenters. The smallest absolute Gasteiger partial charge is 0.124 e. The van der Waals surface area contributed by atoms with Crippen LogP contribution in [0.3, 0.4) is 0 Å². The third-order valence-electron chi connectivity index (χ3n) is 6.26. The number of nitrogens with zero attached hydrogens (tertiary/aromatic N) is 3. The van der Waals surface area contributed by atoms with Crippen LogP contribution in [0.1, 0.15) is 52.0 Å². The Balaban J connectivity index is 1.56. The van der Waals surface area contributed by atoms with Crippen molar-refractivity contribution in [3.05, 3.63) is 23.8 Å². The molecule has 2 saturated heterocycles. The van der Waals surface area contributed by atoms with Gasteiger partial charge in [-0.15, -0.1) is 0 Å². The molecule has 2 aliphatic rings. The zero-order chi connectivity index (χ0) is 18.7. The second kappa shape index (κ2) is 8.62. The van der Waals surface area contributed by atoms with E-state index in [9.17, 15) is 0 Å². The highest BCUT2D eigenvalue weighted by atomic mass is 16.5. The first-order valence-corrected chi connectivity index (χ1v) is 10.4. The summed E-state index contributed by atoms with van der Waals surface area (Å²) in [5.41, 5.74) is 2.60. The summed E-state index contributed by atoms with van der Waals surface area (Å²) < 4.78 is 5.64. The van der Waals surface area contributed by atoms with Crippen molar-refractivity contribution in [2.24, 2.45) is 0 Å². The Labute approximate surface area is 160 Å². The Morgan fingerprint density at radius 1 is 0.923 bits per heavy atom. The van der Waals surface area contributed by atoms with Gasteiger partial charge in [0.25, 0.3) is 0 Å². The SMILES string of the molecule is COc1cc(N2CCN(C3CCN(C(C)C)CC3)CC2)ccc1C(C)C. The highest BCUT2D eigenvalue weighted by Crippen LogP contribution is 2.31. The number of benzene rings is 1. The summed E-state index contributed by atoms with van der Waals surface area (Å²) in [6.07, 6.45) is 2.66. The summed E-state index contributed by atoms with van der Waals surface area (Å²) in [5.74, 6) is 1.52. The van der Waals surface area contributed by atoms with Gasteiger partial charge in [-0.25, -0.2) is 0 Å². The number of piperazine rings is 1. The number of likely N-dealkylation sites (tertiary alicyclic amines) is 1. The number of piperidine rings is 1. The van der Waals surface area contributed by atoms with Gasteiger partial charge in [0.2, 0.25) is 0 Å². The number of hydrogen-bond donors (Lipinski definition) is 0. The molecule has 1 aromatic carbocycles. The van der Waals surface area contributed by atoms with E-state index in [-0.39, 0.29) is 0 Å². The molecule has 1 aromatic rings. The minimum absolute atomic E-state index is 0.493. The van der Waals surface area contributed by atoms with Crippen LogP contribution in [0.4, 0.5) is 5.69 Å². The Bertz CT molecular complexity index is 571. The van der Waals surface area contributed by atoms with Gasteiger partial charge in [-0.3, -0.25) is 4.90 Å². The summed E-state index contributed by atoms with van der Waals surface area (Å²) in [6.45, 7) is 16.2. The van der Waals surface area contributed by atoms with E-state index < -0.39 is 0 Å². The number of hydrogen-bond acceptors (Lipinski definition) is 4. The van der Waals surface area contributed by atoms with Gasteiger partial charge < -0.3 is 14.5 Å². The Morgan fingerprint density at radius 2 is 1.58 bits per heavy atom. The molecule has 4 heteroatoms. The largest absolute Gasteiger partial charge is 0.496 e. The fraction of sp³-hybridized carbons (Fsp3) is 0.727. The predicted octanol–water partition coefficient (Wildman–Crippen LogP) is 3.81. The molecule has 0 aliphatic carbocycles. The molecule has 2 fully saturated rings. The van der Waals surface area contributed by atoms with Gasteiger partial charge in [-0.1, -0.05) is 19.9 Å². The minimum Gasteiger partial charge on any atom is -0.496 e. The first-order valence-electron chi connectivity index (χ1n) is 10.4. The monoisotopic (exact) mass is 359 g/mol. The van der Waals surface area contributed by atoms with Crippen molar-refractivity contribution in [1.29, 1.82) is 0 Å². The zero-order valence-corrected chi connectivity index (χ0v) is 17.4. The maximum atomic E-state index is 5.64. The van der Waals surface area contributed by atoms with E-state index in [1.54, 1.807) is 7.11 Å². The molecule has 2 aliphatic heterocycles. The van der Waals surface area contributed by atoms with Gasteiger partial charge in [0.15, 0.2) is 0 Å². The predicted molar refractivity (Wildman–Crippen MR) is 111 cm³/mol. The normalized spacial score (nSPS) is 21.0. The highest BCUT2D eigenvalue weighted by Gasteiger charge is 2.28. The average molecular weight is 360 g/mol. The fourth-order valence-corrected chi connectivity index (χ4v) is 4.49. The maximum Gasteiger partial charge on any atom is 0.124 e. The molecule has 2 heterocycles. The second-order valence-electron chi connectivity index (χ2n) is 8.46. The lowest BCUT2D eigenvalue weighted by Crippen LogP contribution is -2.53. The summed E-state index contributed by atoms with van der Waals surface area (Å²) in [5, 5.41) is 0. The van der Waals surface area contributed by atoms with Crippen LogP contribution in [0, 0.1) is 0 Å². The molecular weight excluding hydrogens is 322 g/mol. The minimum atomic E-state index is 0.493. The average Bonchev–Trinajstić information content (AvgIpc) is 2.67. The third kappa shape index (κ3) is 4.34. The molecule has 0 aromatic heterocycles. The molecule has 0 amide bonds. The van der Waals surface area contributed by atoms with Crippen molar-refractivity contribution in [2.75, 3.05) is 51.3 Å². The summed E-state index contributed by atoms with van der Waals surface area (Å²) in [4.78, 5) is 7.87. The van der Waals surface area contributed by atoms with Crippen LogP contribution in [-0.2, 0) is 0 Å². The van der Waals surface area contributed by atoms with Crippen molar-refractivity contribution < 1.29 is 4.74 Å². The molecular formula is C22H37N3O. The molecule has 146 valence electrons. The summed E-state index contributed by atoms with van der Waals surface area (Å²) in [7, 11) is 1.78. The van der Waals surface area contributed by atoms with Gasteiger partial charge >= 0.3 is 0 Å². The van der Waals surface area contributed by atoms with Gasteiger partial charge in [0.05, 0.1) is 7.11 Å². The first kappa shape index (κ1) is 19.5. The Kier molecular flexibility index (Phi) is 6.46. The highest BCUT2D eigenvalue weighted by molar-refractivity contribution is 5.55. The molecule has 0 bridgehead atoms. The van der Waals surface area contributed by atoms with E-state index in [0.29, 0.717) is 12.0 Å². The number of anilines is 1. The molecule has 26 heavy (non-hydrogen) atoms. The molecule has 4 nitrogen and oxygen atoms in total. The van der Waals surface area contributed by atoms with Crippen molar-refractivity contribution in [2.45, 2.75) is 58.5 Å². The Morgan fingerprint density at radius 3 is 2.12 bits per heavy atom. The molecule has 0 spiro atoms. The first-order chi connectivity index (χ1) is 12.5. The summed E-state index contributed by atoms with van der Waals surface area (Å²) in [6, 6.07) is 8.22.